The summed E-state index contributed by atoms with van der Waals surface area (Å²) < 4.78 is 0. The Kier molecular flexibility index (Phi) is 7.47. The number of carboxylic acid groups (broad SMARTS) is 1. The van der Waals surface area contributed by atoms with Gasteiger partial charge in [0.25, 0.3) is 0 Å². The van der Waals surface area contributed by atoms with Gasteiger partial charge >= 0.3 is 5.97 Å². The van der Waals surface area contributed by atoms with Gasteiger partial charge in [0.05, 0.1) is 6.04 Å². The molecule has 0 saturated carbocycles. The van der Waals surface area contributed by atoms with Crippen LogP contribution in [0.3, 0.4) is 0 Å². The summed E-state index contributed by atoms with van der Waals surface area (Å²) in [6, 6.07) is -0.690. The van der Waals surface area contributed by atoms with Gasteiger partial charge in [-0.15, -0.1) is 0 Å². The highest BCUT2D eigenvalue weighted by Gasteiger charge is 2.54. The average molecular weight is 341 g/mol. The van der Waals surface area contributed by atoms with Crippen LogP contribution in [0.1, 0.15) is 52.4 Å². The molecular formula is C16H31N5O3. The third kappa shape index (κ3) is 4.17. The van der Waals surface area contributed by atoms with Crippen LogP contribution in [0.25, 0.3) is 0 Å². The van der Waals surface area contributed by atoms with Crippen molar-refractivity contribution in [2.75, 3.05) is 13.1 Å². The molecule has 1 unspecified atom stereocenters. The molecule has 0 aromatic carbocycles. The number of aliphatic carboxylic acids is 1. The fraction of sp³-hybridized carbons (Fsp3) is 0.812. The first-order valence-corrected chi connectivity index (χ1v) is 8.67. The number of carbonyl (C=O) groups excluding carboxylic acids is 1. The van der Waals surface area contributed by atoms with E-state index in [-0.39, 0.29) is 17.8 Å². The molecule has 0 aromatic heterocycles. The van der Waals surface area contributed by atoms with Crippen LogP contribution in [0.4, 0.5) is 0 Å². The molecule has 1 saturated heterocycles. The van der Waals surface area contributed by atoms with Gasteiger partial charge in [0.1, 0.15) is 5.54 Å². The lowest BCUT2D eigenvalue weighted by Gasteiger charge is -2.39. The number of amides is 1. The molecule has 1 heterocycles. The summed E-state index contributed by atoms with van der Waals surface area (Å²) in [6.07, 6.45) is 3.77. The lowest BCUT2D eigenvalue weighted by atomic mass is 9.80. The van der Waals surface area contributed by atoms with Gasteiger partial charge in [0, 0.05) is 13.1 Å². The minimum Gasteiger partial charge on any atom is -0.479 e. The Balaban J connectivity index is 2.71. The van der Waals surface area contributed by atoms with Crippen LogP contribution in [-0.4, -0.2) is 52.5 Å². The number of nitrogens with zero attached hydrogens (tertiary/aromatic N) is 2. The SMILES string of the molecule is CCC1CCN(C(=O)[C@@H](N)CCCCN=C(N)N)[C@]1(CC)C(=O)O. The Hall–Kier alpha value is -1.83. The topological polar surface area (TPSA) is 148 Å². The standard InChI is InChI=1S/C16H31N5O3/c1-3-11-8-10-21(16(11,4-2)14(23)24)13(22)12(17)7-5-6-9-20-15(18)19/h11-12H,3-10,17H2,1-2H3,(H,23,24)(H4,18,19,20)/t11?,12-,16-/m0/s1. The molecule has 0 spiro atoms. The van der Waals surface area contributed by atoms with E-state index in [0.717, 1.165) is 12.8 Å². The van der Waals surface area contributed by atoms with Crippen molar-refractivity contribution in [1.82, 2.24) is 4.90 Å². The highest BCUT2D eigenvalue weighted by Crippen LogP contribution is 2.40. The second-order valence-corrected chi connectivity index (χ2v) is 6.38. The number of hydrogen-bond acceptors (Lipinski definition) is 4. The van der Waals surface area contributed by atoms with E-state index in [1.54, 1.807) is 0 Å². The molecule has 0 aromatic rings. The number of guanidine groups is 1. The Bertz CT molecular complexity index is 478. The average Bonchev–Trinajstić information content (AvgIpc) is 2.92. The molecule has 1 amide bonds. The van der Waals surface area contributed by atoms with Crippen molar-refractivity contribution in [3.8, 4) is 0 Å². The van der Waals surface area contributed by atoms with Crippen molar-refractivity contribution in [3.63, 3.8) is 0 Å². The molecule has 138 valence electrons. The number of unbranched alkanes of at least 4 members (excludes halogenated alkanes) is 1. The van der Waals surface area contributed by atoms with Gasteiger partial charge in [0.2, 0.25) is 5.91 Å². The Morgan fingerprint density at radius 2 is 2.00 bits per heavy atom. The number of carbonyl (C=O) groups is 2. The smallest absolute Gasteiger partial charge is 0.329 e. The molecule has 1 aliphatic heterocycles. The lowest BCUT2D eigenvalue weighted by molar-refractivity contribution is -0.160. The van der Waals surface area contributed by atoms with Gasteiger partial charge < -0.3 is 27.2 Å². The fourth-order valence-corrected chi connectivity index (χ4v) is 3.72. The third-order valence-corrected chi connectivity index (χ3v) is 5.06. The highest BCUT2D eigenvalue weighted by atomic mass is 16.4. The van der Waals surface area contributed by atoms with Crippen molar-refractivity contribution < 1.29 is 14.7 Å². The van der Waals surface area contributed by atoms with Gasteiger partial charge in [-0.2, -0.15) is 0 Å². The lowest BCUT2D eigenvalue weighted by Crippen LogP contribution is -2.59. The first-order valence-electron chi connectivity index (χ1n) is 8.67. The summed E-state index contributed by atoms with van der Waals surface area (Å²) in [5.74, 6) is -1.18. The van der Waals surface area contributed by atoms with E-state index in [1.165, 1.54) is 4.90 Å². The Morgan fingerprint density at radius 1 is 1.33 bits per heavy atom. The maximum absolute atomic E-state index is 12.7. The Morgan fingerprint density at radius 3 is 2.50 bits per heavy atom. The Labute approximate surface area is 143 Å². The molecule has 0 aliphatic carbocycles. The van der Waals surface area contributed by atoms with Crippen LogP contribution in [0.15, 0.2) is 4.99 Å². The summed E-state index contributed by atoms with van der Waals surface area (Å²) >= 11 is 0. The summed E-state index contributed by atoms with van der Waals surface area (Å²) in [7, 11) is 0. The highest BCUT2D eigenvalue weighted by molar-refractivity contribution is 5.90. The van der Waals surface area contributed by atoms with E-state index in [2.05, 4.69) is 4.99 Å². The summed E-state index contributed by atoms with van der Waals surface area (Å²) in [4.78, 5) is 30.1. The molecular weight excluding hydrogens is 310 g/mol. The van der Waals surface area contributed by atoms with E-state index in [0.29, 0.717) is 38.8 Å². The zero-order chi connectivity index (χ0) is 18.3. The van der Waals surface area contributed by atoms with E-state index in [4.69, 9.17) is 17.2 Å². The quantitative estimate of drug-likeness (QED) is 0.268. The van der Waals surface area contributed by atoms with E-state index >= 15 is 0 Å². The molecule has 1 rings (SSSR count). The first kappa shape index (κ1) is 20.2. The molecule has 3 atom stereocenters. The van der Waals surface area contributed by atoms with Crippen molar-refractivity contribution in [2.24, 2.45) is 28.1 Å². The molecule has 0 radical (unpaired) electrons. The van der Waals surface area contributed by atoms with Crippen LogP contribution in [0.5, 0.6) is 0 Å². The zero-order valence-electron chi connectivity index (χ0n) is 14.7. The molecule has 8 heteroatoms. The zero-order valence-corrected chi connectivity index (χ0v) is 14.7. The van der Waals surface area contributed by atoms with Crippen LogP contribution >= 0.6 is 0 Å². The molecule has 1 aliphatic rings. The van der Waals surface area contributed by atoms with Gasteiger partial charge in [-0.25, -0.2) is 4.79 Å². The number of hydrogen-bond donors (Lipinski definition) is 4. The van der Waals surface area contributed by atoms with Crippen LogP contribution in [-0.2, 0) is 9.59 Å². The van der Waals surface area contributed by atoms with Crippen molar-refractivity contribution in [3.05, 3.63) is 0 Å². The monoisotopic (exact) mass is 341 g/mol. The van der Waals surface area contributed by atoms with Crippen molar-refractivity contribution in [1.29, 1.82) is 0 Å². The minimum absolute atomic E-state index is 0.0296. The van der Waals surface area contributed by atoms with E-state index in [1.807, 2.05) is 13.8 Å². The third-order valence-electron chi connectivity index (χ3n) is 5.06. The van der Waals surface area contributed by atoms with Gasteiger partial charge in [-0.05, 0) is 38.0 Å². The summed E-state index contributed by atoms with van der Waals surface area (Å²) in [6.45, 7) is 4.75. The van der Waals surface area contributed by atoms with Gasteiger partial charge in [-0.3, -0.25) is 9.79 Å². The van der Waals surface area contributed by atoms with Crippen LogP contribution < -0.4 is 17.2 Å². The van der Waals surface area contributed by atoms with E-state index in [9.17, 15) is 14.7 Å². The predicted molar refractivity (Wildman–Crippen MR) is 93.3 cm³/mol. The molecule has 1 fully saturated rings. The largest absolute Gasteiger partial charge is 0.479 e. The van der Waals surface area contributed by atoms with Gasteiger partial charge in [0.15, 0.2) is 5.96 Å². The normalized spacial score (nSPS) is 24.6. The number of aliphatic imine (C=N–C) groups is 1. The molecule has 7 N–H and O–H groups in total. The number of carboxylic acids is 1. The number of likely N-dealkylation sites (tertiary alicyclic amines) is 1. The maximum atomic E-state index is 12.7. The summed E-state index contributed by atoms with van der Waals surface area (Å²) in [5.41, 5.74) is 15.4. The number of nitrogens with two attached hydrogens (primary N) is 3. The number of rotatable bonds is 9. The fourth-order valence-electron chi connectivity index (χ4n) is 3.72. The predicted octanol–water partition coefficient (Wildman–Crippen LogP) is 0.249. The van der Waals surface area contributed by atoms with Gasteiger partial charge in [-0.1, -0.05) is 20.3 Å². The molecule has 0 bridgehead atoms. The van der Waals surface area contributed by atoms with Crippen molar-refractivity contribution >= 4 is 17.8 Å². The maximum Gasteiger partial charge on any atom is 0.329 e. The second kappa shape index (κ2) is 8.86. The minimum atomic E-state index is -1.12. The van der Waals surface area contributed by atoms with Crippen molar-refractivity contribution in [2.45, 2.75) is 64.0 Å². The van der Waals surface area contributed by atoms with Crippen LogP contribution in [0.2, 0.25) is 0 Å². The summed E-state index contributed by atoms with van der Waals surface area (Å²) in [5, 5.41) is 9.79. The van der Waals surface area contributed by atoms with E-state index < -0.39 is 17.6 Å². The van der Waals surface area contributed by atoms with Crippen LogP contribution in [0, 0.1) is 5.92 Å². The second-order valence-electron chi connectivity index (χ2n) is 6.38. The molecule has 8 nitrogen and oxygen atoms in total. The molecule has 24 heavy (non-hydrogen) atoms. The first-order chi connectivity index (χ1) is 11.3.